The van der Waals surface area contributed by atoms with Crippen LogP contribution in [0.2, 0.25) is 0 Å². The van der Waals surface area contributed by atoms with Crippen molar-refractivity contribution in [2.45, 2.75) is 6.92 Å². The molecule has 3 N–H and O–H groups in total. The van der Waals surface area contributed by atoms with Crippen molar-refractivity contribution in [2.24, 2.45) is 5.73 Å². The third-order valence-electron chi connectivity index (χ3n) is 2.80. The Morgan fingerprint density at radius 3 is 2.71 bits per heavy atom. The molecule has 0 bridgehead atoms. The van der Waals surface area contributed by atoms with Crippen LogP contribution in [-0.4, -0.2) is 23.7 Å². The zero-order valence-electron chi connectivity index (χ0n) is 11.9. The summed E-state index contributed by atoms with van der Waals surface area (Å²) >= 11 is 5.06. The Hall–Kier alpha value is -2.34. The normalized spacial score (nSPS) is 10.0. The highest BCUT2D eigenvalue weighted by atomic mass is 32.1. The van der Waals surface area contributed by atoms with E-state index in [0.717, 1.165) is 22.7 Å². The fourth-order valence-electron chi connectivity index (χ4n) is 1.81. The number of nitrogens with two attached hydrogens (primary N) is 1. The number of anilines is 2. The third-order valence-corrected chi connectivity index (χ3v) is 3.02. The molecular formula is C15H17N3O2S. The molecule has 1 heterocycles. The molecule has 0 spiro atoms. The smallest absolute Gasteiger partial charge is 0.213 e. The number of nitrogens with one attached hydrogen (secondary N) is 1. The zero-order valence-corrected chi connectivity index (χ0v) is 12.7. The molecule has 21 heavy (non-hydrogen) atoms. The van der Waals surface area contributed by atoms with Gasteiger partial charge < -0.3 is 20.5 Å². The average molecular weight is 303 g/mol. The monoisotopic (exact) mass is 303 g/mol. The van der Waals surface area contributed by atoms with Crippen LogP contribution in [0.4, 0.5) is 11.4 Å². The van der Waals surface area contributed by atoms with Crippen LogP contribution in [0.15, 0.2) is 36.5 Å². The van der Waals surface area contributed by atoms with E-state index in [-0.39, 0.29) is 0 Å². The van der Waals surface area contributed by atoms with Gasteiger partial charge in [-0.1, -0.05) is 12.2 Å². The number of pyridine rings is 1. The minimum Gasteiger partial charge on any atom is -0.497 e. The number of nitrogens with zero attached hydrogens (tertiary/aromatic N) is 1. The van der Waals surface area contributed by atoms with Crippen molar-refractivity contribution in [3.63, 3.8) is 0 Å². The van der Waals surface area contributed by atoms with Gasteiger partial charge in [0, 0.05) is 17.7 Å². The summed E-state index contributed by atoms with van der Waals surface area (Å²) in [7, 11) is 1.61. The van der Waals surface area contributed by atoms with Crippen LogP contribution in [0, 0.1) is 0 Å². The standard InChI is InChI=1S/C15H17N3O2S/c1-3-20-14-7-4-10(9-17-14)18-13-8-11(19-2)5-6-12(13)15(16)21/h4-9,18H,3H2,1-2H3,(H2,16,21). The summed E-state index contributed by atoms with van der Waals surface area (Å²) in [5, 5.41) is 3.23. The number of hydrogen-bond donors (Lipinski definition) is 2. The van der Waals surface area contributed by atoms with E-state index >= 15 is 0 Å². The van der Waals surface area contributed by atoms with E-state index in [9.17, 15) is 0 Å². The van der Waals surface area contributed by atoms with Gasteiger partial charge in [0.05, 0.1) is 31.3 Å². The Bertz CT molecular complexity index is 629. The Labute approximate surface area is 129 Å². The lowest BCUT2D eigenvalue weighted by Crippen LogP contribution is -2.12. The largest absolute Gasteiger partial charge is 0.497 e. The van der Waals surface area contributed by atoms with Crippen LogP contribution in [-0.2, 0) is 0 Å². The van der Waals surface area contributed by atoms with Crippen molar-refractivity contribution in [2.75, 3.05) is 19.0 Å². The molecule has 0 unspecified atom stereocenters. The third kappa shape index (κ3) is 3.82. The first-order valence-corrected chi connectivity index (χ1v) is 6.88. The van der Waals surface area contributed by atoms with E-state index in [4.69, 9.17) is 27.4 Å². The highest BCUT2D eigenvalue weighted by molar-refractivity contribution is 7.80. The van der Waals surface area contributed by atoms with Gasteiger partial charge in [0.1, 0.15) is 10.7 Å². The topological polar surface area (TPSA) is 69.4 Å². The molecule has 0 fully saturated rings. The molecule has 1 aromatic carbocycles. The van der Waals surface area contributed by atoms with E-state index in [1.54, 1.807) is 19.4 Å². The Balaban J connectivity index is 2.26. The quantitative estimate of drug-likeness (QED) is 0.800. The fraction of sp³-hybridized carbons (Fsp3) is 0.200. The number of aromatic nitrogens is 1. The number of rotatable bonds is 6. The molecule has 0 amide bonds. The maximum Gasteiger partial charge on any atom is 0.213 e. The summed E-state index contributed by atoms with van der Waals surface area (Å²) < 4.78 is 10.5. The second-order valence-electron chi connectivity index (χ2n) is 4.22. The molecule has 6 heteroatoms. The van der Waals surface area contributed by atoms with E-state index < -0.39 is 0 Å². The first-order chi connectivity index (χ1) is 10.1. The summed E-state index contributed by atoms with van der Waals surface area (Å²) in [6, 6.07) is 9.15. The van der Waals surface area contributed by atoms with Gasteiger partial charge in [-0.2, -0.15) is 0 Å². The van der Waals surface area contributed by atoms with Crippen molar-refractivity contribution in [3.8, 4) is 11.6 Å². The maximum absolute atomic E-state index is 5.74. The Morgan fingerprint density at radius 1 is 1.33 bits per heavy atom. The van der Waals surface area contributed by atoms with Gasteiger partial charge in [-0.15, -0.1) is 0 Å². The fourth-order valence-corrected chi connectivity index (χ4v) is 1.99. The zero-order chi connectivity index (χ0) is 15.2. The van der Waals surface area contributed by atoms with Crippen molar-refractivity contribution >= 4 is 28.6 Å². The van der Waals surface area contributed by atoms with Crippen molar-refractivity contribution in [1.82, 2.24) is 4.98 Å². The summed E-state index contributed by atoms with van der Waals surface area (Å²) in [6.45, 7) is 2.50. The van der Waals surface area contributed by atoms with E-state index in [0.29, 0.717) is 17.5 Å². The van der Waals surface area contributed by atoms with E-state index in [1.807, 2.05) is 31.2 Å². The Morgan fingerprint density at radius 2 is 2.14 bits per heavy atom. The van der Waals surface area contributed by atoms with Crippen LogP contribution in [0.1, 0.15) is 12.5 Å². The predicted octanol–water partition coefficient (Wildman–Crippen LogP) is 2.87. The van der Waals surface area contributed by atoms with E-state index in [1.165, 1.54) is 0 Å². The lowest BCUT2D eigenvalue weighted by Gasteiger charge is -2.13. The summed E-state index contributed by atoms with van der Waals surface area (Å²) in [5.74, 6) is 1.31. The number of ether oxygens (including phenoxy) is 2. The highest BCUT2D eigenvalue weighted by Gasteiger charge is 2.08. The molecule has 1 aromatic heterocycles. The number of thiocarbonyl (C=S) groups is 1. The highest BCUT2D eigenvalue weighted by Crippen LogP contribution is 2.26. The molecule has 0 atom stereocenters. The molecule has 0 saturated carbocycles. The van der Waals surface area contributed by atoms with Gasteiger partial charge >= 0.3 is 0 Å². The van der Waals surface area contributed by atoms with Crippen LogP contribution in [0.3, 0.4) is 0 Å². The van der Waals surface area contributed by atoms with Crippen molar-refractivity contribution in [3.05, 3.63) is 42.1 Å². The van der Waals surface area contributed by atoms with Crippen LogP contribution < -0.4 is 20.5 Å². The molecule has 0 aliphatic carbocycles. The number of methoxy groups -OCH3 is 1. The number of benzene rings is 1. The second-order valence-corrected chi connectivity index (χ2v) is 4.66. The molecule has 2 rings (SSSR count). The average Bonchev–Trinajstić information content (AvgIpc) is 2.49. The second kappa shape index (κ2) is 6.90. The number of hydrogen-bond acceptors (Lipinski definition) is 5. The van der Waals surface area contributed by atoms with Gasteiger partial charge in [0.25, 0.3) is 0 Å². The lowest BCUT2D eigenvalue weighted by atomic mass is 10.1. The molecule has 0 aliphatic heterocycles. The molecular weight excluding hydrogens is 286 g/mol. The molecule has 2 aromatic rings. The molecule has 0 radical (unpaired) electrons. The molecule has 110 valence electrons. The van der Waals surface area contributed by atoms with Crippen molar-refractivity contribution < 1.29 is 9.47 Å². The molecule has 0 saturated heterocycles. The van der Waals surface area contributed by atoms with Gasteiger partial charge in [0.15, 0.2) is 0 Å². The summed E-state index contributed by atoms with van der Waals surface area (Å²) in [6.07, 6.45) is 1.69. The summed E-state index contributed by atoms with van der Waals surface area (Å²) in [4.78, 5) is 4.52. The van der Waals surface area contributed by atoms with Crippen LogP contribution in [0.25, 0.3) is 0 Å². The van der Waals surface area contributed by atoms with Crippen molar-refractivity contribution in [1.29, 1.82) is 0 Å². The predicted molar refractivity (Wildman–Crippen MR) is 87.6 cm³/mol. The van der Waals surface area contributed by atoms with Gasteiger partial charge in [-0.3, -0.25) is 0 Å². The van der Waals surface area contributed by atoms with Gasteiger partial charge in [-0.25, -0.2) is 4.98 Å². The van der Waals surface area contributed by atoms with Crippen LogP contribution >= 0.6 is 12.2 Å². The van der Waals surface area contributed by atoms with Gasteiger partial charge in [-0.05, 0) is 25.1 Å². The Kier molecular flexibility index (Phi) is 4.94. The van der Waals surface area contributed by atoms with Crippen LogP contribution in [0.5, 0.6) is 11.6 Å². The van der Waals surface area contributed by atoms with E-state index in [2.05, 4.69) is 10.3 Å². The first-order valence-electron chi connectivity index (χ1n) is 6.47. The minimum absolute atomic E-state index is 0.319. The molecule has 5 nitrogen and oxygen atoms in total. The molecule has 0 aliphatic rings. The van der Waals surface area contributed by atoms with Gasteiger partial charge in [0.2, 0.25) is 5.88 Å². The summed E-state index contributed by atoms with van der Waals surface area (Å²) in [5.41, 5.74) is 8.07. The lowest BCUT2D eigenvalue weighted by molar-refractivity contribution is 0.327. The maximum atomic E-state index is 5.74. The first kappa shape index (κ1) is 15.1. The SMILES string of the molecule is CCOc1ccc(Nc2cc(OC)ccc2C(N)=S)cn1. The minimum atomic E-state index is 0.319.